The van der Waals surface area contributed by atoms with Crippen molar-refractivity contribution in [3.8, 4) is 0 Å². The van der Waals surface area contributed by atoms with Crippen molar-refractivity contribution >= 4 is 11.8 Å². The van der Waals surface area contributed by atoms with E-state index in [1.54, 1.807) is 0 Å². The summed E-state index contributed by atoms with van der Waals surface area (Å²) >= 11 is 1.97. The Balaban J connectivity index is 2.39. The molecule has 0 bridgehead atoms. The molecule has 0 radical (unpaired) electrons. The predicted octanol–water partition coefficient (Wildman–Crippen LogP) is 1.53. The molecule has 46 valence electrons. The topological polar surface area (TPSA) is 3.24 Å². The second-order valence-electron chi connectivity index (χ2n) is 2.05. The molecule has 1 aliphatic rings. The van der Waals surface area contributed by atoms with Crippen LogP contribution in [0.15, 0.2) is 12.3 Å². The maximum atomic E-state index is 3.91. The highest BCUT2D eigenvalue weighted by Crippen LogP contribution is 2.18. The van der Waals surface area contributed by atoms with Gasteiger partial charge in [-0.1, -0.05) is 6.58 Å². The molecule has 1 aliphatic heterocycles. The van der Waals surface area contributed by atoms with E-state index in [2.05, 4.69) is 18.5 Å². The average Bonchev–Trinajstić information content (AvgIpc) is 1.77. The Bertz CT molecular complexity index is 101. The zero-order valence-corrected chi connectivity index (χ0v) is 6.00. The first-order valence-corrected chi connectivity index (χ1v) is 3.93. The number of nitrogens with zero attached hydrogens (tertiary/aromatic N) is 1. The molecule has 0 saturated carbocycles. The Morgan fingerprint density at radius 3 is 2.88 bits per heavy atom. The van der Waals surface area contributed by atoms with Gasteiger partial charge in [-0.25, -0.2) is 0 Å². The molecule has 1 saturated heterocycles. The van der Waals surface area contributed by atoms with Crippen LogP contribution in [0.2, 0.25) is 0 Å². The van der Waals surface area contributed by atoms with E-state index in [9.17, 15) is 0 Å². The molecule has 0 aliphatic carbocycles. The van der Waals surface area contributed by atoms with E-state index in [1.165, 1.54) is 17.9 Å². The number of rotatable bonds is 0. The zero-order valence-electron chi connectivity index (χ0n) is 5.18. The molecule has 0 N–H and O–H groups in total. The van der Waals surface area contributed by atoms with Crippen LogP contribution < -0.4 is 0 Å². The Hall–Kier alpha value is -0.110. The maximum Gasteiger partial charge on any atom is 0.0633 e. The molecule has 1 heterocycles. The van der Waals surface area contributed by atoms with Crippen LogP contribution in [0.25, 0.3) is 0 Å². The third-order valence-corrected chi connectivity index (χ3v) is 2.42. The Morgan fingerprint density at radius 2 is 2.50 bits per heavy atom. The Kier molecular flexibility index (Phi) is 1.84. The highest BCUT2D eigenvalue weighted by atomic mass is 32.2. The molecule has 1 nitrogen and oxygen atoms in total. The molecule has 1 rings (SSSR count). The van der Waals surface area contributed by atoms with Gasteiger partial charge in [0.25, 0.3) is 0 Å². The van der Waals surface area contributed by atoms with Crippen molar-refractivity contribution in [3.05, 3.63) is 12.3 Å². The molecule has 0 aromatic heterocycles. The summed E-state index contributed by atoms with van der Waals surface area (Å²) in [6, 6.07) is 0. The summed E-state index contributed by atoms with van der Waals surface area (Å²) in [7, 11) is 2.09. The van der Waals surface area contributed by atoms with Crippen LogP contribution in [0.4, 0.5) is 0 Å². The lowest BCUT2D eigenvalue weighted by atomic mass is 10.3. The fourth-order valence-corrected chi connectivity index (χ4v) is 1.64. The molecule has 0 aromatic carbocycles. The van der Waals surface area contributed by atoms with Gasteiger partial charge < -0.3 is 4.90 Å². The van der Waals surface area contributed by atoms with Gasteiger partial charge in [0.1, 0.15) is 0 Å². The number of hydrogen-bond acceptors (Lipinski definition) is 2. The van der Waals surface area contributed by atoms with E-state index in [1.807, 2.05) is 11.8 Å². The van der Waals surface area contributed by atoms with Gasteiger partial charge in [-0.2, -0.15) is 0 Å². The van der Waals surface area contributed by atoms with Crippen LogP contribution in [-0.4, -0.2) is 23.6 Å². The second kappa shape index (κ2) is 2.44. The molecule has 0 atom stereocenters. The minimum absolute atomic E-state index is 1.12. The minimum Gasteiger partial charge on any atom is -0.369 e. The van der Waals surface area contributed by atoms with Gasteiger partial charge >= 0.3 is 0 Å². The van der Waals surface area contributed by atoms with Gasteiger partial charge in [0, 0.05) is 18.5 Å². The van der Waals surface area contributed by atoms with E-state index in [0.29, 0.717) is 0 Å². The molecular weight excluding hydrogens is 118 g/mol. The summed E-state index contributed by atoms with van der Waals surface area (Å²) in [4.78, 5) is 2.20. The first-order chi connectivity index (χ1) is 3.80. The standard InChI is InChI=1S/C6H11NS/c1-6-3-4-8-5-7(6)2/h1,3-5H2,2H3. The maximum absolute atomic E-state index is 3.91. The van der Waals surface area contributed by atoms with E-state index in [4.69, 9.17) is 0 Å². The zero-order chi connectivity index (χ0) is 5.98. The van der Waals surface area contributed by atoms with Gasteiger partial charge in [-0.05, 0) is 6.42 Å². The van der Waals surface area contributed by atoms with Crippen molar-refractivity contribution < 1.29 is 0 Å². The van der Waals surface area contributed by atoms with Gasteiger partial charge in [0.05, 0.1) is 5.88 Å². The van der Waals surface area contributed by atoms with Crippen LogP contribution in [-0.2, 0) is 0 Å². The highest BCUT2D eigenvalue weighted by Gasteiger charge is 2.06. The molecule has 0 amide bonds. The number of thioether (sulfide) groups is 1. The van der Waals surface area contributed by atoms with E-state index >= 15 is 0 Å². The third kappa shape index (κ3) is 1.19. The Labute approximate surface area is 54.8 Å². The SMILES string of the molecule is C=C1CCSCN1C. The summed E-state index contributed by atoms with van der Waals surface area (Å²) in [5.41, 5.74) is 1.28. The lowest BCUT2D eigenvalue weighted by molar-refractivity contribution is 0.469. The van der Waals surface area contributed by atoms with Crippen LogP contribution in [0.1, 0.15) is 6.42 Å². The summed E-state index contributed by atoms with van der Waals surface area (Å²) in [6.07, 6.45) is 1.17. The largest absolute Gasteiger partial charge is 0.369 e. The van der Waals surface area contributed by atoms with Crippen molar-refractivity contribution in [2.75, 3.05) is 18.7 Å². The van der Waals surface area contributed by atoms with Gasteiger partial charge in [-0.3, -0.25) is 0 Å². The molecule has 8 heavy (non-hydrogen) atoms. The van der Waals surface area contributed by atoms with Crippen LogP contribution in [0, 0.1) is 0 Å². The van der Waals surface area contributed by atoms with Gasteiger partial charge in [-0.15, -0.1) is 11.8 Å². The second-order valence-corrected chi connectivity index (χ2v) is 3.13. The van der Waals surface area contributed by atoms with Crippen molar-refractivity contribution in [1.29, 1.82) is 0 Å². The molecule has 0 unspecified atom stereocenters. The van der Waals surface area contributed by atoms with Crippen molar-refractivity contribution in [3.63, 3.8) is 0 Å². The van der Waals surface area contributed by atoms with Gasteiger partial charge in [0.2, 0.25) is 0 Å². The number of allylic oxidation sites excluding steroid dienone is 1. The predicted molar refractivity (Wildman–Crippen MR) is 38.8 cm³/mol. The molecule has 0 aromatic rings. The highest BCUT2D eigenvalue weighted by molar-refractivity contribution is 7.99. The third-order valence-electron chi connectivity index (χ3n) is 1.36. The minimum atomic E-state index is 1.12. The van der Waals surface area contributed by atoms with Crippen LogP contribution in [0.3, 0.4) is 0 Å². The summed E-state index contributed by atoms with van der Waals surface area (Å²) in [6.45, 7) is 3.91. The normalized spacial score (nSPS) is 21.6. The van der Waals surface area contributed by atoms with Crippen molar-refractivity contribution in [1.82, 2.24) is 4.90 Å². The van der Waals surface area contributed by atoms with Crippen molar-refractivity contribution in [2.45, 2.75) is 6.42 Å². The van der Waals surface area contributed by atoms with E-state index in [-0.39, 0.29) is 0 Å². The van der Waals surface area contributed by atoms with E-state index in [0.717, 1.165) is 5.88 Å². The smallest absolute Gasteiger partial charge is 0.0633 e. The van der Waals surface area contributed by atoms with Gasteiger partial charge in [0.15, 0.2) is 0 Å². The average molecular weight is 129 g/mol. The quantitative estimate of drug-likeness (QED) is 0.488. The molecule has 1 fully saturated rings. The Morgan fingerprint density at radius 1 is 1.75 bits per heavy atom. The summed E-state index contributed by atoms with van der Waals surface area (Å²) in [5.74, 6) is 2.38. The first kappa shape index (κ1) is 6.02. The fraction of sp³-hybridized carbons (Fsp3) is 0.667. The summed E-state index contributed by atoms with van der Waals surface area (Å²) < 4.78 is 0. The van der Waals surface area contributed by atoms with E-state index < -0.39 is 0 Å². The fourth-order valence-electron chi connectivity index (χ4n) is 0.674. The number of hydrogen-bond donors (Lipinski definition) is 0. The molecule has 2 heteroatoms. The molecular formula is C6H11NS. The first-order valence-electron chi connectivity index (χ1n) is 2.77. The van der Waals surface area contributed by atoms with Crippen molar-refractivity contribution in [2.24, 2.45) is 0 Å². The monoisotopic (exact) mass is 129 g/mol. The van der Waals surface area contributed by atoms with Crippen LogP contribution in [0.5, 0.6) is 0 Å². The van der Waals surface area contributed by atoms with Crippen LogP contribution >= 0.6 is 11.8 Å². The molecule has 0 spiro atoms. The lowest BCUT2D eigenvalue weighted by Crippen LogP contribution is -2.20. The lowest BCUT2D eigenvalue weighted by Gasteiger charge is -2.25. The summed E-state index contributed by atoms with van der Waals surface area (Å²) in [5, 5.41) is 0.